The summed E-state index contributed by atoms with van der Waals surface area (Å²) in [6, 6.07) is 139. The minimum Gasteiger partial charge on any atom is -0.304 e. The molecule has 0 atom stereocenters. The fourth-order valence-corrected chi connectivity index (χ4v) is 14.6. The molecule has 0 aliphatic carbocycles. The van der Waals surface area contributed by atoms with Gasteiger partial charge in [-0.25, -0.2) is 0 Å². The van der Waals surface area contributed by atoms with Crippen LogP contribution in [0.5, 0.6) is 0 Å². The molecule has 0 fully saturated rings. The maximum atomic E-state index is 4.95. The summed E-state index contributed by atoms with van der Waals surface area (Å²) in [5.74, 6) is 1.59. The van der Waals surface area contributed by atoms with E-state index in [1.54, 1.807) is 0 Å². The van der Waals surface area contributed by atoms with Crippen molar-refractivity contribution in [2.24, 2.45) is 0 Å². The third kappa shape index (κ3) is 17.6. The van der Waals surface area contributed by atoms with Crippen molar-refractivity contribution >= 4 is 81.1 Å². The molecule has 19 aromatic rings. The standard InChI is InChI=1S/C36H22S.C28H19N3.3C12H10N.Ir.Pt/c1-2-13-29-27(11-1)28-12-3-4-14-30(28)34-22-24(19-20-31(29)34)23-9-7-10-25(21-23)26-16-8-17-33-32-15-5-6-18-35(32)37-36(26)33;1-4-12-22(13-5-1)25-18-10-20-27(29-25)31(24-16-8-3-9-17-24)28-21-11-19-26(30-28)23-14-6-2-7-15-23;3*1-10-6-5-9-13-12(10)11-7-3-2-4-8-11;;/h1-22H;1-12,14,16-21H;3*2-7,9H,1H3;;/q;-2;3*-1;+3;+2. The molecule has 0 bridgehead atoms. The number of fused-ring (bicyclic) bond motifs is 9. The van der Waals surface area contributed by atoms with E-state index in [2.05, 4.69) is 235 Å². The Labute approximate surface area is 669 Å². The van der Waals surface area contributed by atoms with Crippen molar-refractivity contribution in [1.29, 1.82) is 0 Å². The third-order valence-electron chi connectivity index (χ3n) is 18.5. The molecular formula is C100H71IrN6PtS. The van der Waals surface area contributed by atoms with E-state index < -0.39 is 0 Å². The summed E-state index contributed by atoms with van der Waals surface area (Å²) in [7, 11) is 0. The molecule has 6 nitrogen and oxygen atoms in total. The molecule has 13 aromatic carbocycles. The average Bonchev–Trinajstić information content (AvgIpc) is 1.70. The molecular weight excluding hydrogens is 1700 g/mol. The summed E-state index contributed by atoms with van der Waals surface area (Å²) in [5.41, 5.74) is 19.5. The quantitative estimate of drug-likeness (QED) is 0.100. The average molecular weight is 1780 g/mol. The monoisotopic (exact) mass is 1780 g/mol. The Morgan fingerprint density at radius 3 is 1.12 bits per heavy atom. The van der Waals surface area contributed by atoms with Crippen LogP contribution in [0.3, 0.4) is 0 Å². The molecule has 109 heavy (non-hydrogen) atoms. The van der Waals surface area contributed by atoms with Crippen LogP contribution >= 0.6 is 11.3 Å². The Hall–Kier alpha value is -12.3. The molecule has 0 saturated heterocycles. The number of thiophene rings is 1. The van der Waals surface area contributed by atoms with Crippen molar-refractivity contribution in [3.63, 3.8) is 0 Å². The summed E-state index contributed by atoms with van der Waals surface area (Å²) in [4.78, 5) is 24.9. The molecule has 9 heteroatoms. The fourth-order valence-electron chi connectivity index (χ4n) is 13.3. The minimum absolute atomic E-state index is 0. The van der Waals surface area contributed by atoms with E-state index in [4.69, 9.17) is 9.97 Å². The number of para-hydroxylation sites is 1. The van der Waals surface area contributed by atoms with Crippen molar-refractivity contribution < 1.29 is 41.2 Å². The van der Waals surface area contributed by atoms with E-state index in [1.165, 1.54) is 91.4 Å². The molecule has 0 aliphatic heterocycles. The molecule has 0 saturated carbocycles. The first kappa shape index (κ1) is 75.0. The zero-order chi connectivity index (χ0) is 72.5. The fraction of sp³-hybridized carbons (Fsp3) is 0.0300. The smallest absolute Gasteiger partial charge is 0.304 e. The largest absolute Gasteiger partial charge is 3.00 e. The molecule has 0 radical (unpaired) electrons. The van der Waals surface area contributed by atoms with E-state index in [9.17, 15) is 0 Å². The molecule has 6 heterocycles. The first-order valence-corrected chi connectivity index (χ1v) is 36.4. The molecule has 0 aliphatic rings. The summed E-state index contributed by atoms with van der Waals surface area (Å²) in [5, 5.41) is 10.6. The van der Waals surface area contributed by atoms with E-state index in [0.29, 0.717) is 0 Å². The van der Waals surface area contributed by atoms with E-state index in [-0.39, 0.29) is 41.2 Å². The number of benzene rings is 13. The van der Waals surface area contributed by atoms with Gasteiger partial charge in [-0.15, -0.1) is 191 Å². The van der Waals surface area contributed by atoms with Crippen molar-refractivity contribution in [3.8, 4) is 78.5 Å². The molecule has 19 rings (SSSR count). The van der Waals surface area contributed by atoms with Gasteiger partial charge in [-0.1, -0.05) is 193 Å². The number of pyridine rings is 5. The maximum Gasteiger partial charge on any atom is 3.00 e. The second-order valence-corrected chi connectivity index (χ2v) is 26.6. The first-order valence-electron chi connectivity index (χ1n) is 35.6. The topological polar surface area (TPSA) is 67.7 Å². The Morgan fingerprint density at radius 2 is 0.661 bits per heavy atom. The van der Waals surface area contributed by atoms with Gasteiger partial charge in [0, 0.05) is 44.5 Å². The Bertz CT molecular complexity index is 5880. The van der Waals surface area contributed by atoms with Crippen molar-refractivity contribution in [1.82, 2.24) is 24.9 Å². The van der Waals surface area contributed by atoms with Crippen LogP contribution in [0.15, 0.2) is 377 Å². The van der Waals surface area contributed by atoms with Crippen molar-refractivity contribution in [2.45, 2.75) is 20.8 Å². The zero-order valence-electron chi connectivity index (χ0n) is 60.0. The van der Waals surface area contributed by atoms with E-state index in [0.717, 1.165) is 73.6 Å². The van der Waals surface area contributed by atoms with Gasteiger partial charge in [-0.3, -0.25) is 14.9 Å². The van der Waals surface area contributed by atoms with Gasteiger partial charge in [0.1, 0.15) is 11.6 Å². The Morgan fingerprint density at radius 1 is 0.284 bits per heavy atom. The predicted molar refractivity (Wildman–Crippen MR) is 448 cm³/mol. The molecule has 0 amide bonds. The van der Waals surface area contributed by atoms with Gasteiger partial charge in [-0.2, -0.15) is 0 Å². The second-order valence-electron chi connectivity index (χ2n) is 25.5. The Kier molecular flexibility index (Phi) is 25.0. The number of hydrogen-bond acceptors (Lipinski definition) is 7. The van der Waals surface area contributed by atoms with Crippen molar-refractivity contribution in [2.75, 3.05) is 4.90 Å². The van der Waals surface area contributed by atoms with Gasteiger partial charge in [0.15, 0.2) is 0 Å². The third-order valence-corrected chi connectivity index (χ3v) is 19.7. The number of nitrogens with zero attached hydrogens (tertiary/aromatic N) is 6. The van der Waals surface area contributed by atoms with Crippen LogP contribution in [0.1, 0.15) is 16.7 Å². The van der Waals surface area contributed by atoms with Crippen LogP contribution in [-0.2, 0) is 41.2 Å². The SMILES string of the molecule is Cc1cccnc1-c1[c-]cccc1.Cc1cccnc1-c1[c-]cccc1.Cc1cccnc1-c1[c-]cccc1.[Ir+3].[Pt+2].[c-]1ccccc1-c1cccc(N(c2ccccc2)c2cccc(-c3[c-]cccc3)n2)n1.c1cc(-c2ccc3c4ccccc4c4ccccc4c3c2)cc(-c2cccc3c2sc2ccccc23)c1. The van der Waals surface area contributed by atoms with Crippen LogP contribution in [0.4, 0.5) is 17.3 Å². The van der Waals surface area contributed by atoms with Crippen LogP contribution in [0.25, 0.3) is 131 Å². The second kappa shape index (κ2) is 36.4. The van der Waals surface area contributed by atoms with Gasteiger partial charge in [0.25, 0.3) is 0 Å². The van der Waals surface area contributed by atoms with Gasteiger partial charge in [-0.05, 0) is 164 Å². The predicted octanol–water partition coefficient (Wildman–Crippen LogP) is 26.3. The number of aryl methyl sites for hydroxylation is 3. The molecule has 0 N–H and O–H groups in total. The van der Waals surface area contributed by atoms with Gasteiger partial charge in [0.05, 0.1) is 0 Å². The summed E-state index contributed by atoms with van der Waals surface area (Å²) in [6.07, 6.45) is 5.43. The number of hydrogen-bond donors (Lipinski definition) is 0. The van der Waals surface area contributed by atoms with Gasteiger partial charge in [0.2, 0.25) is 0 Å². The number of aromatic nitrogens is 5. The molecule has 0 unspecified atom stereocenters. The number of rotatable bonds is 10. The van der Waals surface area contributed by atoms with Crippen LogP contribution in [0.2, 0.25) is 0 Å². The molecule has 6 aromatic heterocycles. The van der Waals surface area contributed by atoms with E-state index in [1.807, 2.05) is 224 Å². The summed E-state index contributed by atoms with van der Waals surface area (Å²) in [6.45, 7) is 6.18. The first-order chi connectivity index (χ1) is 52.9. The van der Waals surface area contributed by atoms with Crippen LogP contribution in [0, 0.1) is 51.1 Å². The van der Waals surface area contributed by atoms with Gasteiger partial charge >= 0.3 is 41.2 Å². The summed E-state index contributed by atoms with van der Waals surface area (Å²) < 4.78 is 2.70. The zero-order valence-corrected chi connectivity index (χ0v) is 65.5. The minimum atomic E-state index is 0. The molecule has 526 valence electrons. The van der Waals surface area contributed by atoms with Crippen molar-refractivity contribution in [3.05, 3.63) is 424 Å². The number of anilines is 3. The van der Waals surface area contributed by atoms with E-state index >= 15 is 0 Å². The van der Waals surface area contributed by atoms with Gasteiger partial charge < -0.3 is 15.0 Å². The maximum absolute atomic E-state index is 4.95. The van der Waals surface area contributed by atoms with Crippen LogP contribution in [-0.4, -0.2) is 24.9 Å². The molecule has 0 spiro atoms. The normalized spacial score (nSPS) is 10.6. The summed E-state index contributed by atoms with van der Waals surface area (Å²) >= 11 is 1.89. The Balaban J connectivity index is 0.000000129. The van der Waals surface area contributed by atoms with Crippen LogP contribution < -0.4 is 4.90 Å².